The summed E-state index contributed by atoms with van der Waals surface area (Å²) >= 11 is 0. The van der Waals surface area contributed by atoms with Crippen molar-refractivity contribution in [3.05, 3.63) is 0 Å². The Morgan fingerprint density at radius 1 is 1.58 bits per heavy atom. The average molecular weight is 187 g/mol. The maximum Gasteiger partial charge on any atom is 0.490 e. The van der Waals surface area contributed by atoms with Crippen molar-refractivity contribution in [2.75, 3.05) is 0 Å². The van der Waals surface area contributed by atoms with Crippen molar-refractivity contribution < 1.29 is 23.1 Å². The lowest BCUT2D eigenvalue weighted by atomic mass is 10.3. The Hall–Kier alpha value is -0.780. The Morgan fingerprint density at radius 3 is 1.75 bits per heavy atom. The van der Waals surface area contributed by atoms with Crippen LogP contribution in [-0.4, -0.2) is 23.3 Å². The van der Waals surface area contributed by atoms with E-state index in [1.807, 2.05) is 6.92 Å². The van der Waals surface area contributed by atoms with Crippen molar-refractivity contribution in [2.45, 2.75) is 32.5 Å². The smallest absolute Gasteiger partial charge is 0.475 e. The number of hydrogen-bond acceptors (Lipinski definition) is 2. The lowest BCUT2D eigenvalue weighted by Crippen LogP contribution is -2.21. The second kappa shape index (κ2) is 5.82. The van der Waals surface area contributed by atoms with Crippen LogP contribution in [0.3, 0.4) is 0 Å². The van der Waals surface area contributed by atoms with E-state index in [4.69, 9.17) is 15.6 Å². The molecule has 6 heteroatoms. The molecule has 0 heterocycles. The van der Waals surface area contributed by atoms with Crippen molar-refractivity contribution in [3.8, 4) is 0 Å². The lowest BCUT2D eigenvalue weighted by Gasteiger charge is -1.93. The minimum absolute atomic E-state index is 0.384. The molecule has 0 spiro atoms. The van der Waals surface area contributed by atoms with E-state index in [1.54, 1.807) is 0 Å². The highest BCUT2D eigenvalue weighted by Crippen LogP contribution is 2.13. The van der Waals surface area contributed by atoms with Gasteiger partial charge in [0.25, 0.3) is 0 Å². The molecule has 3 N–H and O–H groups in total. The molecule has 12 heavy (non-hydrogen) atoms. The molecule has 0 aromatic heterocycles. The first kappa shape index (κ1) is 13.8. The van der Waals surface area contributed by atoms with Crippen LogP contribution in [0.25, 0.3) is 0 Å². The summed E-state index contributed by atoms with van der Waals surface area (Å²) in [4.78, 5) is 8.90. The number of carboxylic acids is 1. The first-order valence-electron chi connectivity index (χ1n) is 3.27. The first-order valence-corrected chi connectivity index (χ1v) is 3.27. The van der Waals surface area contributed by atoms with E-state index in [2.05, 4.69) is 6.92 Å². The Kier molecular flexibility index (Phi) is 6.68. The predicted octanol–water partition coefficient (Wildman–Crippen LogP) is 1.38. The maximum absolute atomic E-state index is 10.6. The summed E-state index contributed by atoms with van der Waals surface area (Å²) in [6.07, 6.45) is -4.00. The van der Waals surface area contributed by atoms with Crippen LogP contribution in [-0.2, 0) is 4.79 Å². The molecule has 0 saturated carbocycles. The number of alkyl halides is 3. The van der Waals surface area contributed by atoms with Crippen LogP contribution in [0.15, 0.2) is 0 Å². The van der Waals surface area contributed by atoms with Crippen molar-refractivity contribution in [1.29, 1.82) is 0 Å². The molecule has 0 saturated heterocycles. The van der Waals surface area contributed by atoms with E-state index in [1.165, 1.54) is 0 Å². The van der Waals surface area contributed by atoms with E-state index < -0.39 is 12.1 Å². The summed E-state index contributed by atoms with van der Waals surface area (Å²) in [5, 5.41) is 7.12. The molecular formula is C6H12F3NO2. The van der Waals surface area contributed by atoms with Gasteiger partial charge in [0, 0.05) is 6.04 Å². The Morgan fingerprint density at radius 2 is 1.75 bits per heavy atom. The normalized spacial score (nSPS) is 12.8. The molecule has 1 atom stereocenters. The highest BCUT2D eigenvalue weighted by atomic mass is 19.4. The molecule has 0 radical (unpaired) electrons. The number of rotatable bonds is 1. The van der Waals surface area contributed by atoms with Crippen LogP contribution >= 0.6 is 0 Å². The monoisotopic (exact) mass is 187 g/mol. The molecule has 0 fully saturated rings. The number of carboxylic acid groups (broad SMARTS) is 1. The van der Waals surface area contributed by atoms with Crippen LogP contribution in [0.2, 0.25) is 0 Å². The average Bonchev–Trinajstić information content (AvgIpc) is 1.87. The van der Waals surface area contributed by atoms with Gasteiger partial charge in [0.05, 0.1) is 0 Å². The molecule has 1 unspecified atom stereocenters. The summed E-state index contributed by atoms with van der Waals surface area (Å²) in [7, 11) is 0. The largest absolute Gasteiger partial charge is 0.490 e. The van der Waals surface area contributed by atoms with Crippen LogP contribution in [0, 0.1) is 0 Å². The molecular weight excluding hydrogens is 175 g/mol. The van der Waals surface area contributed by atoms with Gasteiger partial charge >= 0.3 is 12.1 Å². The number of nitrogens with two attached hydrogens (primary N) is 1. The summed E-state index contributed by atoms with van der Waals surface area (Å²) in [5.41, 5.74) is 5.29. The quantitative estimate of drug-likeness (QED) is 0.651. The standard InChI is InChI=1S/C4H11N.C2HF3O2/c1-3-4(2)5;3-2(4,5)1(6)7/h4H,3,5H2,1-2H3;(H,6,7). The molecule has 0 aromatic carbocycles. The van der Waals surface area contributed by atoms with Gasteiger partial charge in [0.1, 0.15) is 0 Å². The summed E-state index contributed by atoms with van der Waals surface area (Å²) in [6.45, 7) is 4.07. The highest BCUT2D eigenvalue weighted by Gasteiger charge is 2.38. The van der Waals surface area contributed by atoms with Gasteiger partial charge in [-0.2, -0.15) is 13.2 Å². The van der Waals surface area contributed by atoms with Gasteiger partial charge < -0.3 is 10.8 Å². The highest BCUT2D eigenvalue weighted by molar-refractivity contribution is 5.73. The molecule has 0 aliphatic rings. The minimum Gasteiger partial charge on any atom is -0.475 e. The molecule has 0 aliphatic heterocycles. The fourth-order valence-corrected chi connectivity index (χ4v) is 0. The van der Waals surface area contributed by atoms with E-state index in [0.29, 0.717) is 6.04 Å². The Labute approximate surface area is 68.4 Å². The molecule has 0 aliphatic carbocycles. The second-order valence-corrected chi connectivity index (χ2v) is 2.19. The van der Waals surface area contributed by atoms with E-state index >= 15 is 0 Å². The van der Waals surface area contributed by atoms with Crippen molar-refractivity contribution >= 4 is 5.97 Å². The summed E-state index contributed by atoms with van der Waals surface area (Å²) in [6, 6.07) is 0.384. The zero-order valence-corrected chi connectivity index (χ0v) is 6.85. The summed E-state index contributed by atoms with van der Waals surface area (Å²) in [5.74, 6) is -2.76. The van der Waals surface area contributed by atoms with Crippen LogP contribution < -0.4 is 5.73 Å². The third-order valence-corrected chi connectivity index (χ3v) is 0.886. The number of aliphatic carboxylic acids is 1. The van der Waals surface area contributed by atoms with Crippen molar-refractivity contribution in [1.82, 2.24) is 0 Å². The number of carbonyl (C=O) groups is 1. The summed E-state index contributed by atoms with van der Waals surface area (Å²) < 4.78 is 31.7. The van der Waals surface area contributed by atoms with Crippen LogP contribution in [0.4, 0.5) is 13.2 Å². The van der Waals surface area contributed by atoms with Crippen LogP contribution in [0.5, 0.6) is 0 Å². The third-order valence-electron chi connectivity index (χ3n) is 0.886. The maximum atomic E-state index is 10.6. The fourth-order valence-electron chi connectivity index (χ4n) is 0. The van der Waals surface area contributed by atoms with Gasteiger partial charge in [-0.1, -0.05) is 6.92 Å². The second-order valence-electron chi connectivity index (χ2n) is 2.19. The zero-order chi connectivity index (χ0) is 10.4. The SMILES string of the molecule is CCC(C)N.O=C(O)C(F)(F)F. The molecule has 3 nitrogen and oxygen atoms in total. The molecule has 0 amide bonds. The lowest BCUT2D eigenvalue weighted by molar-refractivity contribution is -0.192. The fraction of sp³-hybridized carbons (Fsp3) is 0.833. The molecule has 0 aromatic rings. The number of hydrogen-bond donors (Lipinski definition) is 2. The predicted molar refractivity (Wildman–Crippen MR) is 37.6 cm³/mol. The van der Waals surface area contributed by atoms with Crippen LogP contribution in [0.1, 0.15) is 20.3 Å². The Balaban J connectivity index is 0. The van der Waals surface area contributed by atoms with Gasteiger partial charge in [0.15, 0.2) is 0 Å². The van der Waals surface area contributed by atoms with E-state index in [-0.39, 0.29) is 0 Å². The van der Waals surface area contributed by atoms with Gasteiger partial charge in [-0.05, 0) is 13.3 Å². The number of halogens is 3. The van der Waals surface area contributed by atoms with Crippen molar-refractivity contribution in [3.63, 3.8) is 0 Å². The van der Waals surface area contributed by atoms with Gasteiger partial charge in [-0.15, -0.1) is 0 Å². The zero-order valence-electron chi connectivity index (χ0n) is 6.85. The Bertz CT molecular complexity index is 133. The van der Waals surface area contributed by atoms with Gasteiger partial charge in [-0.3, -0.25) is 0 Å². The minimum atomic E-state index is -5.08. The van der Waals surface area contributed by atoms with E-state index in [9.17, 15) is 13.2 Å². The topological polar surface area (TPSA) is 63.3 Å². The third kappa shape index (κ3) is 12.0. The molecule has 0 bridgehead atoms. The van der Waals surface area contributed by atoms with Gasteiger partial charge in [0.2, 0.25) is 0 Å². The van der Waals surface area contributed by atoms with Crippen molar-refractivity contribution in [2.24, 2.45) is 5.73 Å². The molecule has 0 rings (SSSR count). The first-order chi connectivity index (χ1) is 5.21. The molecule has 74 valence electrons. The van der Waals surface area contributed by atoms with E-state index in [0.717, 1.165) is 6.42 Å². The van der Waals surface area contributed by atoms with Gasteiger partial charge in [-0.25, -0.2) is 4.79 Å².